The van der Waals surface area contributed by atoms with Gasteiger partial charge in [-0.25, -0.2) is 0 Å². The van der Waals surface area contributed by atoms with Crippen LogP contribution >= 0.6 is 0 Å². The molecule has 2 aliphatic rings. The average Bonchev–Trinajstić information content (AvgIpc) is 3.55. The molecular weight excluding hydrogens is 334 g/mol. The van der Waals surface area contributed by atoms with Gasteiger partial charge in [0, 0.05) is 12.1 Å². The number of anilines is 1. The van der Waals surface area contributed by atoms with Gasteiger partial charge in [0.1, 0.15) is 5.75 Å². The fourth-order valence-electron chi connectivity index (χ4n) is 4.31. The SMILES string of the molecule is COc1ccc(C2CCC(CC(=O)Nc3ccc(C4CC4)cc3)CC2)cc1. The molecule has 2 fully saturated rings. The van der Waals surface area contributed by atoms with Crippen LogP contribution in [-0.4, -0.2) is 13.0 Å². The summed E-state index contributed by atoms with van der Waals surface area (Å²) < 4.78 is 5.24. The minimum atomic E-state index is 0.155. The van der Waals surface area contributed by atoms with Gasteiger partial charge in [0.25, 0.3) is 0 Å². The molecule has 0 bridgehead atoms. The van der Waals surface area contributed by atoms with Crippen molar-refractivity contribution in [3.8, 4) is 5.75 Å². The second-order valence-electron chi connectivity index (χ2n) is 8.14. The Kier molecular flexibility index (Phi) is 5.47. The second kappa shape index (κ2) is 8.16. The summed E-state index contributed by atoms with van der Waals surface area (Å²) in [6, 6.07) is 16.9. The quantitative estimate of drug-likeness (QED) is 0.696. The van der Waals surface area contributed by atoms with Crippen molar-refractivity contribution in [2.45, 2.75) is 56.8 Å². The Hall–Kier alpha value is -2.29. The van der Waals surface area contributed by atoms with Gasteiger partial charge in [-0.15, -0.1) is 0 Å². The number of rotatable bonds is 6. The zero-order chi connectivity index (χ0) is 18.6. The molecule has 0 saturated heterocycles. The van der Waals surface area contributed by atoms with E-state index in [2.05, 4.69) is 29.6 Å². The highest BCUT2D eigenvalue weighted by Gasteiger charge is 2.25. The number of hydrogen-bond donors (Lipinski definition) is 1. The van der Waals surface area contributed by atoms with Crippen LogP contribution in [0.25, 0.3) is 0 Å². The molecule has 1 N–H and O–H groups in total. The van der Waals surface area contributed by atoms with Crippen molar-refractivity contribution in [1.29, 1.82) is 0 Å². The standard InChI is InChI=1S/C24H29NO2/c1-27-23-14-10-21(11-15-23)18-4-2-17(3-5-18)16-24(26)25-22-12-8-20(9-13-22)19-6-7-19/h8-15,17-19H,2-7,16H2,1H3,(H,25,26). The summed E-state index contributed by atoms with van der Waals surface area (Å²) in [5.41, 5.74) is 3.73. The van der Waals surface area contributed by atoms with Gasteiger partial charge in [0.2, 0.25) is 5.91 Å². The molecule has 142 valence electrons. The first-order valence-corrected chi connectivity index (χ1v) is 10.2. The second-order valence-corrected chi connectivity index (χ2v) is 8.14. The normalized spacial score (nSPS) is 22.3. The molecule has 2 aliphatic carbocycles. The summed E-state index contributed by atoms with van der Waals surface area (Å²) in [6.45, 7) is 0. The molecule has 0 spiro atoms. The maximum absolute atomic E-state index is 12.4. The first-order chi connectivity index (χ1) is 13.2. The van der Waals surface area contributed by atoms with Gasteiger partial charge in [-0.3, -0.25) is 4.79 Å². The van der Waals surface area contributed by atoms with E-state index in [-0.39, 0.29) is 5.91 Å². The molecule has 4 rings (SSSR count). The van der Waals surface area contributed by atoms with Crippen LogP contribution < -0.4 is 10.1 Å². The summed E-state index contributed by atoms with van der Waals surface area (Å²) in [4.78, 5) is 12.4. The first kappa shape index (κ1) is 18.1. The summed E-state index contributed by atoms with van der Waals surface area (Å²) in [5.74, 6) is 2.95. The predicted octanol–water partition coefficient (Wildman–Crippen LogP) is 5.88. The number of nitrogens with one attached hydrogen (secondary N) is 1. The third-order valence-corrected chi connectivity index (χ3v) is 6.15. The van der Waals surface area contributed by atoms with Crippen molar-refractivity contribution in [3.05, 3.63) is 59.7 Å². The Balaban J connectivity index is 1.23. The largest absolute Gasteiger partial charge is 0.497 e. The van der Waals surface area contributed by atoms with Gasteiger partial charge in [-0.1, -0.05) is 24.3 Å². The molecule has 2 aromatic carbocycles. The molecule has 0 unspecified atom stereocenters. The van der Waals surface area contributed by atoms with Crippen LogP contribution in [0.15, 0.2) is 48.5 Å². The van der Waals surface area contributed by atoms with E-state index in [1.165, 1.54) is 36.8 Å². The summed E-state index contributed by atoms with van der Waals surface area (Å²) in [6.07, 6.45) is 7.85. The van der Waals surface area contributed by atoms with Crippen LogP contribution in [-0.2, 0) is 4.79 Å². The topological polar surface area (TPSA) is 38.3 Å². The van der Waals surface area contributed by atoms with Crippen molar-refractivity contribution >= 4 is 11.6 Å². The smallest absolute Gasteiger partial charge is 0.224 e. The molecule has 3 nitrogen and oxygen atoms in total. The highest BCUT2D eigenvalue weighted by molar-refractivity contribution is 5.90. The Morgan fingerprint density at radius 2 is 1.37 bits per heavy atom. The average molecular weight is 364 g/mol. The van der Waals surface area contributed by atoms with E-state index in [4.69, 9.17) is 4.74 Å². The van der Waals surface area contributed by atoms with Gasteiger partial charge in [-0.05, 0) is 91.7 Å². The van der Waals surface area contributed by atoms with Gasteiger partial charge >= 0.3 is 0 Å². The number of carbonyl (C=O) groups excluding carboxylic acids is 1. The monoisotopic (exact) mass is 363 g/mol. The van der Waals surface area contributed by atoms with E-state index < -0.39 is 0 Å². The van der Waals surface area contributed by atoms with Crippen molar-refractivity contribution in [2.24, 2.45) is 5.92 Å². The highest BCUT2D eigenvalue weighted by atomic mass is 16.5. The molecule has 2 aromatic rings. The van der Waals surface area contributed by atoms with Crippen molar-refractivity contribution in [2.75, 3.05) is 12.4 Å². The van der Waals surface area contributed by atoms with E-state index in [0.717, 1.165) is 30.2 Å². The summed E-state index contributed by atoms with van der Waals surface area (Å²) in [7, 11) is 1.70. The molecule has 0 radical (unpaired) electrons. The molecule has 2 saturated carbocycles. The van der Waals surface area contributed by atoms with Crippen LogP contribution in [0.5, 0.6) is 5.75 Å². The van der Waals surface area contributed by atoms with E-state index >= 15 is 0 Å². The molecule has 0 heterocycles. The van der Waals surface area contributed by atoms with Crippen molar-refractivity contribution in [3.63, 3.8) is 0 Å². The number of hydrogen-bond acceptors (Lipinski definition) is 2. The third kappa shape index (κ3) is 4.71. The minimum Gasteiger partial charge on any atom is -0.497 e. The predicted molar refractivity (Wildman–Crippen MR) is 109 cm³/mol. The van der Waals surface area contributed by atoms with Crippen LogP contribution in [0.3, 0.4) is 0 Å². The first-order valence-electron chi connectivity index (χ1n) is 10.2. The molecule has 0 aliphatic heterocycles. The molecule has 27 heavy (non-hydrogen) atoms. The van der Waals surface area contributed by atoms with E-state index in [1.54, 1.807) is 7.11 Å². The van der Waals surface area contributed by atoms with E-state index in [1.807, 2.05) is 24.3 Å². The molecule has 0 aromatic heterocycles. The highest BCUT2D eigenvalue weighted by Crippen LogP contribution is 2.40. The lowest BCUT2D eigenvalue weighted by Crippen LogP contribution is -2.20. The maximum Gasteiger partial charge on any atom is 0.224 e. The number of methoxy groups -OCH3 is 1. The molecular formula is C24H29NO2. The van der Waals surface area contributed by atoms with Gasteiger partial charge in [-0.2, -0.15) is 0 Å². The Morgan fingerprint density at radius 1 is 0.852 bits per heavy atom. The van der Waals surface area contributed by atoms with Gasteiger partial charge in [0.05, 0.1) is 7.11 Å². The number of ether oxygens (including phenoxy) is 1. The Labute approximate surface area is 162 Å². The van der Waals surface area contributed by atoms with Crippen LogP contribution in [0, 0.1) is 5.92 Å². The molecule has 1 amide bonds. The molecule has 0 atom stereocenters. The van der Waals surface area contributed by atoms with Crippen molar-refractivity contribution < 1.29 is 9.53 Å². The van der Waals surface area contributed by atoms with Crippen LogP contribution in [0.2, 0.25) is 0 Å². The fraction of sp³-hybridized carbons (Fsp3) is 0.458. The number of benzene rings is 2. The zero-order valence-electron chi connectivity index (χ0n) is 16.1. The lowest BCUT2D eigenvalue weighted by molar-refractivity contribution is -0.117. The minimum absolute atomic E-state index is 0.155. The lowest BCUT2D eigenvalue weighted by atomic mass is 9.77. The van der Waals surface area contributed by atoms with Gasteiger partial charge in [0.15, 0.2) is 0 Å². The number of carbonyl (C=O) groups is 1. The number of amides is 1. The Bertz CT molecular complexity index is 754. The fourth-order valence-corrected chi connectivity index (χ4v) is 4.31. The van der Waals surface area contributed by atoms with Gasteiger partial charge < -0.3 is 10.1 Å². The third-order valence-electron chi connectivity index (χ3n) is 6.15. The summed E-state index contributed by atoms with van der Waals surface area (Å²) >= 11 is 0. The van der Waals surface area contributed by atoms with Crippen molar-refractivity contribution in [1.82, 2.24) is 0 Å². The van der Waals surface area contributed by atoms with Crippen LogP contribution in [0.1, 0.15) is 67.9 Å². The maximum atomic E-state index is 12.4. The van der Waals surface area contributed by atoms with Crippen LogP contribution in [0.4, 0.5) is 5.69 Å². The molecule has 3 heteroatoms. The zero-order valence-corrected chi connectivity index (χ0v) is 16.1. The van der Waals surface area contributed by atoms with E-state index in [0.29, 0.717) is 18.3 Å². The lowest BCUT2D eigenvalue weighted by Gasteiger charge is -2.28. The summed E-state index contributed by atoms with van der Waals surface area (Å²) in [5, 5.41) is 3.08. The van der Waals surface area contributed by atoms with E-state index in [9.17, 15) is 4.79 Å². The Morgan fingerprint density at radius 3 is 1.89 bits per heavy atom.